The molecule has 0 amide bonds. The molecule has 0 spiro atoms. The first-order valence-corrected chi connectivity index (χ1v) is 4.99. The molecule has 1 fully saturated rings. The lowest BCUT2D eigenvalue weighted by Crippen LogP contribution is -2.23. The predicted molar refractivity (Wildman–Crippen MR) is 52.7 cm³/mol. The van der Waals surface area contributed by atoms with Gasteiger partial charge in [-0.25, -0.2) is 9.67 Å². The molecule has 0 unspecified atom stereocenters. The molecule has 14 heavy (non-hydrogen) atoms. The van der Waals surface area contributed by atoms with E-state index in [-0.39, 0.29) is 0 Å². The highest BCUT2D eigenvalue weighted by molar-refractivity contribution is 5.09. The van der Waals surface area contributed by atoms with Crippen LogP contribution in [-0.2, 0) is 4.74 Å². The quantitative estimate of drug-likeness (QED) is 0.766. The van der Waals surface area contributed by atoms with Crippen molar-refractivity contribution in [3.63, 3.8) is 0 Å². The second-order valence-corrected chi connectivity index (χ2v) is 3.75. The lowest BCUT2D eigenvalue weighted by atomic mass is 9.93. The number of aromatic nitrogens is 3. The lowest BCUT2D eigenvalue weighted by Gasteiger charge is -2.27. The third-order valence-electron chi connectivity index (χ3n) is 2.88. The summed E-state index contributed by atoms with van der Waals surface area (Å²) in [5.41, 5.74) is 5.47. The van der Waals surface area contributed by atoms with E-state index in [9.17, 15) is 0 Å². The van der Waals surface area contributed by atoms with E-state index in [1.165, 1.54) is 0 Å². The number of nitrogen functional groups attached to an aromatic ring is 1. The van der Waals surface area contributed by atoms with E-state index >= 15 is 0 Å². The van der Waals surface area contributed by atoms with Crippen LogP contribution in [0.2, 0.25) is 0 Å². The Hall–Kier alpha value is -1.10. The maximum Gasteiger partial charge on any atom is 0.239 e. The fourth-order valence-electron chi connectivity index (χ4n) is 2.01. The summed E-state index contributed by atoms with van der Waals surface area (Å²) in [6.07, 6.45) is 6.53. The third-order valence-corrected chi connectivity index (χ3v) is 2.88. The van der Waals surface area contributed by atoms with Gasteiger partial charge in [0, 0.05) is 7.11 Å². The standard InChI is InChI=1S/C9H16N4O/c1-14-8-4-2-7(3-5-8)13-6-11-9(10)12-13/h6-8H,2-5H2,1H3,(H2,10,12). The van der Waals surface area contributed by atoms with Crippen LogP contribution >= 0.6 is 0 Å². The van der Waals surface area contributed by atoms with E-state index < -0.39 is 0 Å². The summed E-state index contributed by atoms with van der Waals surface area (Å²) in [6.45, 7) is 0. The summed E-state index contributed by atoms with van der Waals surface area (Å²) < 4.78 is 7.19. The third kappa shape index (κ3) is 1.87. The molecule has 78 valence electrons. The lowest BCUT2D eigenvalue weighted by molar-refractivity contribution is 0.0568. The van der Waals surface area contributed by atoms with Gasteiger partial charge >= 0.3 is 0 Å². The van der Waals surface area contributed by atoms with Gasteiger partial charge in [0.25, 0.3) is 0 Å². The number of nitrogens with two attached hydrogens (primary N) is 1. The Morgan fingerprint density at radius 1 is 1.43 bits per heavy atom. The fourth-order valence-corrected chi connectivity index (χ4v) is 2.01. The first-order valence-electron chi connectivity index (χ1n) is 4.99. The Morgan fingerprint density at radius 3 is 2.64 bits per heavy atom. The summed E-state index contributed by atoms with van der Waals surface area (Å²) >= 11 is 0. The summed E-state index contributed by atoms with van der Waals surface area (Å²) in [7, 11) is 1.78. The van der Waals surface area contributed by atoms with Gasteiger partial charge in [0.2, 0.25) is 5.95 Å². The number of hydrogen-bond acceptors (Lipinski definition) is 4. The van der Waals surface area contributed by atoms with Crippen LogP contribution in [0.5, 0.6) is 0 Å². The number of nitrogens with zero attached hydrogens (tertiary/aromatic N) is 3. The molecule has 0 aromatic carbocycles. The maximum atomic E-state index is 5.47. The van der Waals surface area contributed by atoms with Crippen molar-refractivity contribution in [2.45, 2.75) is 37.8 Å². The molecule has 0 atom stereocenters. The van der Waals surface area contributed by atoms with Crippen LogP contribution in [0.4, 0.5) is 5.95 Å². The van der Waals surface area contributed by atoms with Gasteiger partial charge in [-0.2, -0.15) is 0 Å². The molecule has 1 heterocycles. The summed E-state index contributed by atoms with van der Waals surface area (Å²) in [5.74, 6) is 0.360. The first-order chi connectivity index (χ1) is 6.79. The Labute approximate surface area is 83.3 Å². The van der Waals surface area contributed by atoms with Crippen molar-refractivity contribution in [1.82, 2.24) is 14.8 Å². The largest absolute Gasteiger partial charge is 0.381 e. The SMILES string of the molecule is COC1CCC(n2cnc(N)n2)CC1. The minimum absolute atomic E-state index is 0.360. The highest BCUT2D eigenvalue weighted by Gasteiger charge is 2.22. The van der Waals surface area contributed by atoms with Gasteiger partial charge < -0.3 is 10.5 Å². The molecular weight excluding hydrogens is 180 g/mol. The Bertz CT molecular complexity index is 291. The molecular formula is C9H16N4O. The van der Waals surface area contributed by atoms with Gasteiger partial charge in [0.05, 0.1) is 12.1 Å². The average molecular weight is 196 g/mol. The van der Waals surface area contributed by atoms with E-state index in [1.807, 2.05) is 4.68 Å². The molecule has 0 radical (unpaired) electrons. The summed E-state index contributed by atoms with van der Waals surface area (Å²) in [6, 6.07) is 0.450. The number of methoxy groups -OCH3 is 1. The van der Waals surface area contributed by atoms with Gasteiger partial charge in [0.1, 0.15) is 6.33 Å². The zero-order valence-corrected chi connectivity index (χ0v) is 8.39. The summed E-state index contributed by atoms with van der Waals surface area (Å²) in [5, 5.41) is 4.13. The van der Waals surface area contributed by atoms with Crippen molar-refractivity contribution < 1.29 is 4.74 Å². The number of hydrogen-bond donors (Lipinski definition) is 1. The first kappa shape index (κ1) is 9.45. The molecule has 0 bridgehead atoms. The highest BCUT2D eigenvalue weighted by atomic mass is 16.5. The topological polar surface area (TPSA) is 66.0 Å². The fraction of sp³-hybridized carbons (Fsp3) is 0.778. The van der Waals surface area contributed by atoms with Gasteiger partial charge in [-0.3, -0.25) is 0 Å². The molecule has 1 aromatic rings. The van der Waals surface area contributed by atoms with E-state index in [0.29, 0.717) is 18.1 Å². The molecule has 1 aliphatic carbocycles. The maximum absolute atomic E-state index is 5.47. The predicted octanol–water partition coefficient (Wildman–Crippen LogP) is 0.990. The van der Waals surface area contributed by atoms with Crippen LogP contribution < -0.4 is 5.73 Å². The van der Waals surface area contributed by atoms with Gasteiger partial charge in [-0.05, 0) is 25.7 Å². The van der Waals surface area contributed by atoms with Crippen LogP contribution in [-0.4, -0.2) is 28.0 Å². The molecule has 1 aromatic heterocycles. The van der Waals surface area contributed by atoms with Crippen LogP contribution in [0.3, 0.4) is 0 Å². The van der Waals surface area contributed by atoms with Crippen molar-refractivity contribution >= 4 is 5.95 Å². The van der Waals surface area contributed by atoms with Crippen molar-refractivity contribution in [2.24, 2.45) is 0 Å². The molecule has 1 saturated carbocycles. The van der Waals surface area contributed by atoms with Crippen molar-refractivity contribution in [2.75, 3.05) is 12.8 Å². The Balaban J connectivity index is 1.95. The van der Waals surface area contributed by atoms with Gasteiger partial charge in [0.15, 0.2) is 0 Å². The number of anilines is 1. The molecule has 2 rings (SSSR count). The molecule has 5 nitrogen and oxygen atoms in total. The molecule has 5 heteroatoms. The average Bonchev–Trinajstić information content (AvgIpc) is 2.65. The van der Waals surface area contributed by atoms with E-state index in [4.69, 9.17) is 10.5 Å². The zero-order chi connectivity index (χ0) is 9.97. The van der Waals surface area contributed by atoms with Gasteiger partial charge in [-0.15, -0.1) is 5.10 Å². The smallest absolute Gasteiger partial charge is 0.239 e. The second kappa shape index (κ2) is 3.96. The minimum atomic E-state index is 0.360. The molecule has 0 aliphatic heterocycles. The van der Waals surface area contributed by atoms with E-state index in [1.54, 1.807) is 13.4 Å². The van der Waals surface area contributed by atoms with Gasteiger partial charge in [-0.1, -0.05) is 0 Å². The van der Waals surface area contributed by atoms with Crippen LogP contribution in [0.25, 0.3) is 0 Å². The van der Waals surface area contributed by atoms with Crippen LogP contribution in [0.1, 0.15) is 31.7 Å². The Kier molecular flexibility index (Phi) is 2.67. The monoisotopic (exact) mass is 196 g/mol. The van der Waals surface area contributed by atoms with E-state index in [0.717, 1.165) is 25.7 Å². The molecule has 1 aliphatic rings. The van der Waals surface area contributed by atoms with Crippen LogP contribution in [0, 0.1) is 0 Å². The molecule has 0 saturated heterocycles. The van der Waals surface area contributed by atoms with Crippen molar-refractivity contribution in [3.8, 4) is 0 Å². The number of rotatable bonds is 2. The normalized spacial score (nSPS) is 27.8. The molecule has 2 N–H and O–H groups in total. The van der Waals surface area contributed by atoms with E-state index in [2.05, 4.69) is 10.1 Å². The van der Waals surface area contributed by atoms with Crippen molar-refractivity contribution in [3.05, 3.63) is 6.33 Å². The highest BCUT2D eigenvalue weighted by Crippen LogP contribution is 2.28. The summed E-state index contributed by atoms with van der Waals surface area (Å²) in [4.78, 5) is 3.93. The minimum Gasteiger partial charge on any atom is -0.381 e. The zero-order valence-electron chi connectivity index (χ0n) is 8.39. The number of ether oxygens (including phenoxy) is 1. The second-order valence-electron chi connectivity index (χ2n) is 3.75. The van der Waals surface area contributed by atoms with Crippen molar-refractivity contribution in [1.29, 1.82) is 0 Å². The van der Waals surface area contributed by atoms with Crippen LogP contribution in [0.15, 0.2) is 6.33 Å². The Morgan fingerprint density at radius 2 is 2.14 bits per heavy atom.